The predicted molar refractivity (Wildman–Crippen MR) is 124 cm³/mol. The Kier molecular flexibility index (Phi) is 5.80. The van der Waals surface area contributed by atoms with Crippen molar-refractivity contribution in [3.05, 3.63) is 65.0 Å². The van der Waals surface area contributed by atoms with Crippen molar-refractivity contribution in [3.63, 3.8) is 0 Å². The fraction of sp³-hybridized carbons (Fsp3) is 0.250. The first-order valence-corrected chi connectivity index (χ1v) is 11.1. The number of thiazole rings is 1. The summed E-state index contributed by atoms with van der Waals surface area (Å²) in [6.07, 6.45) is -0.566. The number of carbonyl (C=O) groups is 3. The highest BCUT2D eigenvalue weighted by atomic mass is 32.1. The van der Waals surface area contributed by atoms with Crippen LogP contribution in [0.25, 0.3) is 11.3 Å². The number of nitrogens with one attached hydrogen (secondary N) is 2. The Balaban J connectivity index is 1.40. The Morgan fingerprint density at radius 1 is 1.06 bits per heavy atom. The van der Waals surface area contributed by atoms with Crippen molar-refractivity contribution in [2.45, 2.75) is 33.3 Å². The van der Waals surface area contributed by atoms with E-state index in [1.807, 2.05) is 62.5 Å². The fourth-order valence-electron chi connectivity index (χ4n) is 3.17. The molecule has 0 bridgehead atoms. The fourth-order valence-corrected chi connectivity index (χ4v) is 3.89. The van der Waals surface area contributed by atoms with Crippen LogP contribution in [0.2, 0.25) is 0 Å². The summed E-state index contributed by atoms with van der Waals surface area (Å²) in [5.74, 6) is -0.964. The van der Waals surface area contributed by atoms with Crippen LogP contribution in [0.4, 0.5) is 10.8 Å². The highest BCUT2D eigenvalue weighted by Gasteiger charge is 2.31. The van der Waals surface area contributed by atoms with E-state index < -0.39 is 23.4 Å². The van der Waals surface area contributed by atoms with Gasteiger partial charge in [-0.2, -0.15) is 0 Å². The summed E-state index contributed by atoms with van der Waals surface area (Å²) in [6, 6.07) is 14.5. The maximum absolute atomic E-state index is 12.6. The molecule has 7 nitrogen and oxygen atoms in total. The van der Waals surface area contributed by atoms with Gasteiger partial charge in [-0.1, -0.05) is 51.1 Å². The number of ether oxygens (including phenoxy) is 1. The highest BCUT2D eigenvalue weighted by Crippen LogP contribution is 2.28. The molecule has 0 unspecified atom stereocenters. The van der Waals surface area contributed by atoms with Crippen LogP contribution in [-0.4, -0.2) is 28.9 Å². The summed E-state index contributed by atoms with van der Waals surface area (Å²) >= 11 is 1.29. The molecule has 164 valence electrons. The van der Waals surface area contributed by atoms with Gasteiger partial charge >= 0.3 is 5.97 Å². The highest BCUT2D eigenvalue weighted by molar-refractivity contribution is 7.14. The van der Waals surface area contributed by atoms with Crippen LogP contribution < -0.4 is 10.6 Å². The molecular weight excluding hydrogens is 426 g/mol. The Hall–Kier alpha value is -3.52. The Bertz CT molecular complexity index is 1180. The normalized spacial score (nSPS) is 15.5. The third kappa shape index (κ3) is 4.70. The lowest BCUT2D eigenvalue weighted by molar-refractivity contribution is -0.125. The molecule has 2 N–H and O–H groups in total. The van der Waals surface area contributed by atoms with Gasteiger partial charge in [0, 0.05) is 28.5 Å². The number of cyclic esters (lactones) is 1. The average Bonchev–Trinajstić information content (AvgIpc) is 3.22. The minimum absolute atomic E-state index is 0.0602. The molecule has 0 saturated heterocycles. The van der Waals surface area contributed by atoms with Gasteiger partial charge in [-0.25, -0.2) is 9.78 Å². The second-order valence-electron chi connectivity index (χ2n) is 8.56. The SMILES string of the molecule is CC(C)(C)C(=O)Nc1ccc(-c2csc(NC(=O)[C@@H]3Cc4ccccc4C(=O)O3)n2)cc1. The third-order valence-corrected chi connectivity index (χ3v) is 5.80. The lowest BCUT2D eigenvalue weighted by Gasteiger charge is -2.23. The first-order chi connectivity index (χ1) is 15.2. The van der Waals surface area contributed by atoms with Gasteiger partial charge in [0.25, 0.3) is 5.91 Å². The largest absolute Gasteiger partial charge is 0.448 e. The van der Waals surface area contributed by atoms with E-state index in [-0.39, 0.29) is 5.91 Å². The summed E-state index contributed by atoms with van der Waals surface area (Å²) in [7, 11) is 0. The number of carbonyl (C=O) groups excluding carboxylic acids is 3. The molecule has 1 aromatic heterocycles. The van der Waals surface area contributed by atoms with Gasteiger partial charge in [0.15, 0.2) is 11.2 Å². The number of fused-ring (bicyclic) bond motifs is 1. The molecule has 2 amide bonds. The van der Waals surface area contributed by atoms with E-state index in [9.17, 15) is 14.4 Å². The number of aromatic nitrogens is 1. The van der Waals surface area contributed by atoms with Crippen molar-refractivity contribution in [2.24, 2.45) is 5.41 Å². The van der Waals surface area contributed by atoms with E-state index in [1.54, 1.807) is 12.1 Å². The first-order valence-electron chi connectivity index (χ1n) is 10.2. The number of hydrogen-bond acceptors (Lipinski definition) is 6. The third-order valence-electron chi connectivity index (χ3n) is 5.04. The minimum Gasteiger partial charge on any atom is -0.448 e. The molecule has 32 heavy (non-hydrogen) atoms. The molecule has 1 aliphatic rings. The van der Waals surface area contributed by atoms with Crippen molar-refractivity contribution in [1.82, 2.24) is 4.98 Å². The molecule has 1 atom stereocenters. The molecule has 2 aromatic carbocycles. The van der Waals surface area contributed by atoms with Crippen LogP contribution in [-0.2, 0) is 20.7 Å². The zero-order valence-corrected chi connectivity index (χ0v) is 18.8. The number of amides is 2. The molecule has 2 heterocycles. The quantitative estimate of drug-likeness (QED) is 0.571. The van der Waals surface area contributed by atoms with Crippen LogP contribution in [0.5, 0.6) is 0 Å². The molecule has 0 saturated carbocycles. The molecule has 4 rings (SSSR count). The van der Waals surface area contributed by atoms with E-state index in [2.05, 4.69) is 15.6 Å². The molecule has 0 fully saturated rings. The van der Waals surface area contributed by atoms with Crippen LogP contribution in [0.15, 0.2) is 53.9 Å². The molecule has 0 spiro atoms. The number of anilines is 2. The topological polar surface area (TPSA) is 97.4 Å². The van der Waals surface area contributed by atoms with E-state index in [0.717, 1.165) is 11.1 Å². The zero-order chi connectivity index (χ0) is 22.9. The number of esters is 1. The lowest BCUT2D eigenvalue weighted by Crippen LogP contribution is -2.37. The Labute approximate surface area is 189 Å². The van der Waals surface area contributed by atoms with Crippen molar-refractivity contribution in [3.8, 4) is 11.3 Å². The van der Waals surface area contributed by atoms with Gasteiger partial charge < -0.3 is 10.1 Å². The predicted octanol–water partition coefficient (Wildman–Crippen LogP) is 4.51. The summed E-state index contributed by atoms with van der Waals surface area (Å²) in [5, 5.41) is 7.88. The van der Waals surface area contributed by atoms with Gasteiger partial charge in [-0.05, 0) is 23.8 Å². The van der Waals surface area contributed by atoms with Gasteiger partial charge in [-0.3, -0.25) is 14.9 Å². The smallest absolute Gasteiger partial charge is 0.339 e. The lowest BCUT2D eigenvalue weighted by atomic mass is 9.95. The van der Waals surface area contributed by atoms with Crippen LogP contribution in [0.1, 0.15) is 36.7 Å². The summed E-state index contributed by atoms with van der Waals surface area (Å²) in [5.41, 5.74) is 3.07. The summed E-state index contributed by atoms with van der Waals surface area (Å²) in [6.45, 7) is 5.57. The number of hydrogen-bond donors (Lipinski definition) is 2. The van der Waals surface area contributed by atoms with Gasteiger partial charge in [0.2, 0.25) is 5.91 Å². The average molecular weight is 450 g/mol. The zero-order valence-electron chi connectivity index (χ0n) is 18.0. The van der Waals surface area contributed by atoms with Crippen molar-refractivity contribution in [1.29, 1.82) is 0 Å². The summed E-state index contributed by atoms with van der Waals surface area (Å²) in [4.78, 5) is 41.4. The van der Waals surface area contributed by atoms with E-state index >= 15 is 0 Å². The maximum atomic E-state index is 12.6. The standard InChI is InChI=1S/C24H23N3O4S/c1-24(2,3)22(30)25-16-10-8-14(9-11-16)18-13-32-23(26-18)27-20(28)19-12-15-6-4-5-7-17(15)21(29)31-19/h4-11,13,19H,12H2,1-3H3,(H,25,30)(H,26,27,28)/t19-/m0/s1. The second-order valence-corrected chi connectivity index (χ2v) is 9.42. The van der Waals surface area contributed by atoms with E-state index in [1.165, 1.54) is 11.3 Å². The number of nitrogens with zero attached hydrogens (tertiary/aromatic N) is 1. The number of benzene rings is 2. The molecule has 8 heteroatoms. The van der Waals surface area contributed by atoms with Gasteiger partial charge in [0.05, 0.1) is 11.3 Å². The molecule has 0 aliphatic carbocycles. The minimum atomic E-state index is -0.893. The second kappa shape index (κ2) is 8.55. The molecular formula is C24H23N3O4S. The number of rotatable bonds is 4. The monoisotopic (exact) mass is 449 g/mol. The molecule has 3 aromatic rings. The Morgan fingerprint density at radius 2 is 1.78 bits per heavy atom. The van der Waals surface area contributed by atoms with E-state index in [4.69, 9.17) is 4.74 Å². The van der Waals surface area contributed by atoms with Gasteiger partial charge in [0.1, 0.15) is 0 Å². The van der Waals surface area contributed by atoms with Crippen LogP contribution in [0, 0.1) is 5.41 Å². The van der Waals surface area contributed by atoms with Crippen LogP contribution in [0.3, 0.4) is 0 Å². The summed E-state index contributed by atoms with van der Waals surface area (Å²) < 4.78 is 5.30. The van der Waals surface area contributed by atoms with Crippen molar-refractivity contribution in [2.75, 3.05) is 10.6 Å². The molecule has 0 radical (unpaired) electrons. The molecule has 1 aliphatic heterocycles. The van der Waals surface area contributed by atoms with E-state index in [0.29, 0.717) is 28.5 Å². The van der Waals surface area contributed by atoms with Crippen molar-refractivity contribution < 1.29 is 19.1 Å². The Morgan fingerprint density at radius 3 is 2.50 bits per heavy atom. The first kappa shape index (κ1) is 21.7. The van der Waals surface area contributed by atoms with Crippen LogP contribution >= 0.6 is 11.3 Å². The van der Waals surface area contributed by atoms with Crippen molar-refractivity contribution >= 4 is 39.9 Å². The van der Waals surface area contributed by atoms with Gasteiger partial charge in [-0.15, -0.1) is 11.3 Å². The maximum Gasteiger partial charge on any atom is 0.339 e.